The van der Waals surface area contributed by atoms with Crippen molar-refractivity contribution in [3.63, 3.8) is 0 Å². The highest BCUT2D eigenvalue weighted by Crippen LogP contribution is 2.28. The number of carbonyl (C=O) groups excluding carboxylic acids is 1. The van der Waals surface area contributed by atoms with Gasteiger partial charge in [-0.1, -0.05) is 6.42 Å². The van der Waals surface area contributed by atoms with E-state index in [1.807, 2.05) is 4.83 Å². The Kier molecular flexibility index (Phi) is 5.16. The van der Waals surface area contributed by atoms with Crippen molar-refractivity contribution >= 4 is 27.3 Å². The number of hydrazine groups is 1. The molecule has 1 aromatic heterocycles. The van der Waals surface area contributed by atoms with Crippen molar-refractivity contribution in [3.8, 4) is 0 Å². The molecule has 134 valence electrons. The summed E-state index contributed by atoms with van der Waals surface area (Å²) in [7, 11) is -4.42. The molecular formula is C16H16F2N2O3S2. The number of carbonyl (C=O) groups is 1. The zero-order chi connectivity index (χ0) is 18.0. The maximum atomic E-state index is 13.6. The first kappa shape index (κ1) is 18.0. The maximum Gasteiger partial charge on any atom is 0.276 e. The zero-order valence-electron chi connectivity index (χ0n) is 13.1. The first-order valence-corrected chi connectivity index (χ1v) is 10.1. The van der Waals surface area contributed by atoms with E-state index >= 15 is 0 Å². The molecule has 2 N–H and O–H groups in total. The molecule has 0 saturated carbocycles. The Morgan fingerprint density at radius 1 is 1.08 bits per heavy atom. The van der Waals surface area contributed by atoms with Gasteiger partial charge in [0, 0.05) is 4.88 Å². The van der Waals surface area contributed by atoms with Gasteiger partial charge in [0.2, 0.25) is 0 Å². The number of rotatable bonds is 4. The Balaban J connectivity index is 1.72. The van der Waals surface area contributed by atoms with Gasteiger partial charge >= 0.3 is 0 Å². The summed E-state index contributed by atoms with van der Waals surface area (Å²) in [6.45, 7) is 0. The Hall–Kier alpha value is -1.84. The molecule has 1 aliphatic carbocycles. The Morgan fingerprint density at radius 3 is 2.64 bits per heavy atom. The molecule has 1 aromatic carbocycles. The highest BCUT2D eigenvalue weighted by atomic mass is 32.2. The number of nitrogens with one attached hydrogen (secondary N) is 2. The van der Waals surface area contributed by atoms with Crippen LogP contribution in [0.25, 0.3) is 0 Å². The summed E-state index contributed by atoms with van der Waals surface area (Å²) in [4.78, 5) is 14.6. The number of sulfonamides is 1. The van der Waals surface area contributed by atoms with Gasteiger partial charge < -0.3 is 0 Å². The van der Waals surface area contributed by atoms with Gasteiger partial charge in [-0.05, 0) is 55.5 Å². The first-order valence-electron chi connectivity index (χ1n) is 7.75. The van der Waals surface area contributed by atoms with E-state index in [9.17, 15) is 22.0 Å². The average Bonchev–Trinajstić information content (AvgIpc) is 2.86. The van der Waals surface area contributed by atoms with E-state index in [0.29, 0.717) is 17.0 Å². The quantitative estimate of drug-likeness (QED) is 0.627. The van der Waals surface area contributed by atoms with E-state index in [4.69, 9.17) is 0 Å². The molecule has 0 aliphatic heterocycles. The zero-order valence-corrected chi connectivity index (χ0v) is 14.8. The highest BCUT2D eigenvalue weighted by molar-refractivity contribution is 7.89. The van der Waals surface area contributed by atoms with Crippen LogP contribution in [0.1, 0.15) is 39.4 Å². The van der Waals surface area contributed by atoms with Crippen molar-refractivity contribution in [1.82, 2.24) is 10.3 Å². The topological polar surface area (TPSA) is 75.3 Å². The van der Waals surface area contributed by atoms with E-state index in [0.717, 1.165) is 48.6 Å². The predicted molar refractivity (Wildman–Crippen MR) is 89.7 cm³/mol. The molecule has 1 aliphatic rings. The number of fused-ring (bicyclic) bond motifs is 1. The number of benzene rings is 1. The fourth-order valence-corrected chi connectivity index (χ4v) is 4.77. The fraction of sp³-hybridized carbons (Fsp3) is 0.312. The summed E-state index contributed by atoms with van der Waals surface area (Å²) >= 11 is 1.33. The largest absolute Gasteiger partial charge is 0.276 e. The minimum Gasteiger partial charge on any atom is -0.273 e. The molecule has 1 heterocycles. The second-order valence-corrected chi connectivity index (χ2v) is 8.54. The molecule has 0 spiro atoms. The van der Waals surface area contributed by atoms with Crippen LogP contribution in [0.4, 0.5) is 8.78 Å². The fourth-order valence-electron chi connectivity index (χ4n) is 2.69. The van der Waals surface area contributed by atoms with Crippen LogP contribution in [0.15, 0.2) is 29.2 Å². The van der Waals surface area contributed by atoms with Crippen molar-refractivity contribution in [3.05, 3.63) is 51.2 Å². The molecule has 1 amide bonds. The number of thiophene rings is 1. The summed E-state index contributed by atoms with van der Waals surface area (Å²) in [6.07, 6.45) is 5.10. The van der Waals surface area contributed by atoms with E-state index in [2.05, 4.69) is 5.43 Å². The second kappa shape index (κ2) is 7.19. The van der Waals surface area contributed by atoms with Crippen molar-refractivity contribution in [2.75, 3.05) is 0 Å². The van der Waals surface area contributed by atoms with Crippen LogP contribution >= 0.6 is 11.3 Å². The summed E-state index contributed by atoms with van der Waals surface area (Å²) in [6, 6.07) is 3.84. The van der Waals surface area contributed by atoms with Gasteiger partial charge in [0.25, 0.3) is 15.9 Å². The van der Waals surface area contributed by atoms with Crippen molar-refractivity contribution in [1.29, 1.82) is 0 Å². The van der Waals surface area contributed by atoms with Crippen LogP contribution in [0.5, 0.6) is 0 Å². The minimum absolute atomic E-state index is 0.384. The third kappa shape index (κ3) is 4.05. The van der Waals surface area contributed by atoms with Crippen molar-refractivity contribution in [2.24, 2.45) is 0 Å². The van der Waals surface area contributed by atoms with Crippen LogP contribution in [0.2, 0.25) is 0 Å². The van der Waals surface area contributed by atoms with E-state index in [1.54, 1.807) is 6.07 Å². The van der Waals surface area contributed by atoms with Gasteiger partial charge in [0.15, 0.2) is 0 Å². The van der Waals surface area contributed by atoms with E-state index < -0.39 is 32.5 Å². The number of amides is 1. The smallest absolute Gasteiger partial charge is 0.273 e. The molecular weight excluding hydrogens is 370 g/mol. The summed E-state index contributed by atoms with van der Waals surface area (Å²) in [5, 5.41) is 0. The lowest BCUT2D eigenvalue weighted by Gasteiger charge is -2.08. The molecule has 0 atom stereocenters. The molecule has 25 heavy (non-hydrogen) atoms. The number of halogens is 2. The SMILES string of the molecule is O=C(NNS(=O)(=O)c1cc(F)ccc1F)c1cc2c(s1)CCCCC2. The van der Waals surface area contributed by atoms with Gasteiger partial charge in [0.05, 0.1) is 4.88 Å². The van der Waals surface area contributed by atoms with Crippen LogP contribution in [0, 0.1) is 11.6 Å². The van der Waals surface area contributed by atoms with Gasteiger partial charge in [-0.2, -0.15) is 0 Å². The molecule has 0 unspecified atom stereocenters. The van der Waals surface area contributed by atoms with Crippen LogP contribution in [-0.4, -0.2) is 14.3 Å². The summed E-state index contributed by atoms with van der Waals surface area (Å²) < 4.78 is 50.9. The Bertz CT molecular complexity index is 887. The molecule has 0 fully saturated rings. The van der Waals surface area contributed by atoms with E-state index in [-0.39, 0.29) is 0 Å². The third-order valence-corrected chi connectivity index (χ3v) is 6.45. The maximum absolute atomic E-state index is 13.6. The second-order valence-electron chi connectivity index (χ2n) is 5.75. The van der Waals surface area contributed by atoms with Gasteiger partial charge in [-0.3, -0.25) is 10.2 Å². The standard InChI is InChI=1S/C16H16F2N2O3S2/c17-11-6-7-12(18)15(9-11)25(22,23)20-19-16(21)14-8-10-4-2-1-3-5-13(10)24-14/h6-9,20H,1-5H2,(H,19,21). The number of aryl methyl sites for hydroxylation is 2. The normalized spacial score (nSPS) is 14.6. The molecule has 5 nitrogen and oxygen atoms in total. The predicted octanol–water partition coefficient (Wildman–Crippen LogP) is 2.92. The third-order valence-electron chi connectivity index (χ3n) is 3.95. The van der Waals surface area contributed by atoms with Crippen LogP contribution in [-0.2, 0) is 22.9 Å². The monoisotopic (exact) mass is 386 g/mol. The molecule has 2 aromatic rings. The summed E-state index contributed by atoms with van der Waals surface area (Å²) in [5.41, 5.74) is 3.17. The van der Waals surface area contributed by atoms with Gasteiger partial charge in [-0.15, -0.1) is 16.2 Å². The lowest BCUT2D eigenvalue weighted by atomic mass is 10.1. The molecule has 3 rings (SSSR count). The van der Waals surface area contributed by atoms with Crippen LogP contribution in [0.3, 0.4) is 0 Å². The van der Waals surface area contributed by atoms with Crippen LogP contribution < -0.4 is 10.3 Å². The molecule has 0 saturated heterocycles. The minimum atomic E-state index is -4.42. The molecule has 0 bridgehead atoms. The average molecular weight is 386 g/mol. The first-order chi connectivity index (χ1) is 11.9. The van der Waals surface area contributed by atoms with Gasteiger partial charge in [0.1, 0.15) is 16.5 Å². The van der Waals surface area contributed by atoms with Crippen molar-refractivity contribution < 1.29 is 22.0 Å². The lowest BCUT2D eigenvalue weighted by Crippen LogP contribution is -2.41. The Morgan fingerprint density at radius 2 is 1.84 bits per heavy atom. The highest BCUT2D eigenvalue weighted by Gasteiger charge is 2.22. The van der Waals surface area contributed by atoms with Gasteiger partial charge in [-0.25, -0.2) is 17.2 Å². The lowest BCUT2D eigenvalue weighted by molar-refractivity contribution is 0.0949. The molecule has 9 heteroatoms. The van der Waals surface area contributed by atoms with Crippen molar-refractivity contribution in [2.45, 2.75) is 37.0 Å². The number of hydrogen-bond acceptors (Lipinski definition) is 4. The number of hydrogen-bond donors (Lipinski definition) is 2. The Labute approximate surface area is 148 Å². The summed E-state index contributed by atoms with van der Waals surface area (Å²) in [5.74, 6) is -2.63. The molecule has 0 radical (unpaired) electrons. The van der Waals surface area contributed by atoms with E-state index in [1.165, 1.54) is 11.3 Å².